The lowest BCUT2D eigenvalue weighted by atomic mass is 9.98. The predicted molar refractivity (Wildman–Crippen MR) is 79.2 cm³/mol. The van der Waals surface area contributed by atoms with E-state index in [1.807, 2.05) is 0 Å². The minimum Gasteiger partial charge on any atom is -0.508 e. The maximum Gasteiger partial charge on any atom is 0.343 e. The number of phenols is 4. The number of benzene rings is 2. The van der Waals surface area contributed by atoms with E-state index in [2.05, 4.69) is 0 Å². The van der Waals surface area contributed by atoms with Crippen LogP contribution < -0.4 is 0 Å². The number of carboxylic acids is 1. The molecule has 2 rings (SSSR count). The Hall–Kier alpha value is -3.22. The van der Waals surface area contributed by atoms with Crippen molar-refractivity contribution in [3.05, 3.63) is 47.0 Å². The average Bonchev–Trinajstić information content (AvgIpc) is 2.45. The average molecular weight is 318 g/mol. The van der Waals surface area contributed by atoms with E-state index in [4.69, 9.17) is 5.11 Å². The quantitative estimate of drug-likeness (QED) is 0.532. The number of carboxylic acid groups (broad SMARTS) is 1. The van der Waals surface area contributed by atoms with Crippen LogP contribution in [0, 0.1) is 0 Å². The van der Waals surface area contributed by atoms with Gasteiger partial charge in [-0.15, -0.1) is 0 Å². The number of rotatable bonds is 5. The molecule has 7 heteroatoms. The summed E-state index contributed by atoms with van der Waals surface area (Å²) in [5, 5.41) is 47.2. The van der Waals surface area contributed by atoms with Gasteiger partial charge in [-0.25, -0.2) is 4.79 Å². The van der Waals surface area contributed by atoms with Crippen molar-refractivity contribution in [2.45, 2.75) is 12.8 Å². The number of aromatic carboxylic acids is 1. The Balaban J connectivity index is 2.27. The van der Waals surface area contributed by atoms with Gasteiger partial charge in [-0.2, -0.15) is 0 Å². The molecule has 2 aromatic carbocycles. The fraction of sp³-hybridized carbons (Fsp3) is 0.125. The minimum absolute atomic E-state index is 0.0833. The van der Waals surface area contributed by atoms with Crippen molar-refractivity contribution in [2.75, 3.05) is 0 Å². The summed E-state index contributed by atoms with van der Waals surface area (Å²) >= 11 is 0. The van der Waals surface area contributed by atoms with E-state index < -0.39 is 40.1 Å². The van der Waals surface area contributed by atoms with Gasteiger partial charge < -0.3 is 25.5 Å². The molecule has 0 bridgehead atoms. The number of hydrogen-bond acceptors (Lipinski definition) is 6. The second-order valence-electron chi connectivity index (χ2n) is 4.91. The molecule has 0 atom stereocenters. The summed E-state index contributed by atoms with van der Waals surface area (Å²) in [6.45, 7) is 0. The lowest BCUT2D eigenvalue weighted by Crippen LogP contribution is -2.06. The first-order valence-corrected chi connectivity index (χ1v) is 6.63. The zero-order chi connectivity index (χ0) is 17.1. The number of ketones is 1. The molecule has 7 nitrogen and oxygen atoms in total. The van der Waals surface area contributed by atoms with Crippen LogP contribution in [0.5, 0.6) is 23.0 Å². The van der Waals surface area contributed by atoms with Crippen LogP contribution in [0.4, 0.5) is 0 Å². The second-order valence-corrected chi connectivity index (χ2v) is 4.91. The Morgan fingerprint density at radius 3 is 2.00 bits per heavy atom. The second kappa shape index (κ2) is 6.27. The van der Waals surface area contributed by atoms with Crippen molar-refractivity contribution in [1.29, 1.82) is 0 Å². The fourth-order valence-electron chi connectivity index (χ4n) is 2.17. The molecule has 0 fully saturated rings. The van der Waals surface area contributed by atoms with Gasteiger partial charge in [-0.3, -0.25) is 4.79 Å². The van der Waals surface area contributed by atoms with Crippen molar-refractivity contribution >= 4 is 11.8 Å². The molecule has 23 heavy (non-hydrogen) atoms. The van der Waals surface area contributed by atoms with Crippen LogP contribution in [0.1, 0.15) is 32.7 Å². The number of carbonyl (C=O) groups is 2. The first-order valence-electron chi connectivity index (χ1n) is 6.63. The van der Waals surface area contributed by atoms with Gasteiger partial charge in [0.25, 0.3) is 0 Å². The Kier molecular flexibility index (Phi) is 4.40. The van der Waals surface area contributed by atoms with Crippen LogP contribution in [0.15, 0.2) is 30.3 Å². The zero-order valence-electron chi connectivity index (χ0n) is 11.9. The molecule has 0 aromatic heterocycles. The van der Waals surface area contributed by atoms with E-state index in [1.165, 1.54) is 12.1 Å². The molecule has 0 aliphatic rings. The number of hydrogen-bond donors (Lipinski definition) is 5. The van der Waals surface area contributed by atoms with E-state index in [-0.39, 0.29) is 18.6 Å². The van der Waals surface area contributed by atoms with Crippen LogP contribution in [-0.4, -0.2) is 37.3 Å². The molecule has 0 radical (unpaired) electrons. The van der Waals surface area contributed by atoms with Gasteiger partial charge in [0, 0.05) is 12.5 Å². The zero-order valence-corrected chi connectivity index (χ0v) is 11.9. The van der Waals surface area contributed by atoms with Crippen LogP contribution in [0.25, 0.3) is 0 Å². The van der Waals surface area contributed by atoms with Crippen molar-refractivity contribution in [2.24, 2.45) is 0 Å². The molecule has 0 aliphatic heterocycles. The van der Waals surface area contributed by atoms with E-state index in [0.717, 1.165) is 5.56 Å². The van der Waals surface area contributed by atoms with E-state index in [1.54, 1.807) is 12.1 Å². The minimum atomic E-state index is -1.62. The van der Waals surface area contributed by atoms with Crippen LogP contribution in [0.3, 0.4) is 0 Å². The van der Waals surface area contributed by atoms with Crippen LogP contribution >= 0.6 is 0 Å². The summed E-state index contributed by atoms with van der Waals surface area (Å²) in [5.41, 5.74) is -0.637. The summed E-state index contributed by atoms with van der Waals surface area (Å²) < 4.78 is 0. The molecule has 0 saturated heterocycles. The summed E-state index contributed by atoms with van der Waals surface area (Å²) in [6.07, 6.45) is 0.164. The smallest absolute Gasteiger partial charge is 0.343 e. The highest BCUT2D eigenvalue weighted by Gasteiger charge is 2.26. The highest BCUT2D eigenvalue weighted by molar-refractivity contribution is 6.06. The van der Waals surface area contributed by atoms with E-state index in [0.29, 0.717) is 6.07 Å². The molecule has 2 aromatic rings. The number of phenolic OH excluding ortho intramolecular Hbond substituents is 2. The van der Waals surface area contributed by atoms with Crippen molar-refractivity contribution in [3.8, 4) is 23.0 Å². The summed E-state index contributed by atoms with van der Waals surface area (Å²) in [6, 6.07) is 6.84. The third kappa shape index (κ3) is 3.34. The fourth-order valence-corrected chi connectivity index (χ4v) is 2.17. The lowest BCUT2D eigenvalue weighted by molar-refractivity contribution is 0.0690. The molecular weight excluding hydrogens is 304 g/mol. The molecule has 120 valence electrons. The largest absolute Gasteiger partial charge is 0.508 e. The maximum absolute atomic E-state index is 12.2. The van der Waals surface area contributed by atoms with Crippen LogP contribution in [-0.2, 0) is 6.42 Å². The molecule has 0 spiro atoms. The molecule has 5 N–H and O–H groups in total. The Morgan fingerprint density at radius 2 is 1.43 bits per heavy atom. The highest BCUT2D eigenvalue weighted by atomic mass is 16.4. The SMILES string of the molecule is O=C(O)c1c(O)cc(O)c(C(=O)CCc2ccc(O)cc2)c1O. The molecule has 0 saturated carbocycles. The van der Waals surface area contributed by atoms with Crippen molar-refractivity contribution in [3.63, 3.8) is 0 Å². The number of Topliss-reactive ketones (excluding diaryl/α,β-unsaturated/α-hetero) is 1. The third-order valence-electron chi connectivity index (χ3n) is 3.33. The van der Waals surface area contributed by atoms with Crippen LogP contribution in [0.2, 0.25) is 0 Å². The summed E-state index contributed by atoms with van der Waals surface area (Å²) in [5.74, 6) is -4.70. The Morgan fingerprint density at radius 1 is 0.870 bits per heavy atom. The molecule has 0 heterocycles. The monoisotopic (exact) mass is 318 g/mol. The maximum atomic E-state index is 12.2. The van der Waals surface area contributed by atoms with Gasteiger partial charge in [0.05, 0.1) is 0 Å². The Bertz CT molecular complexity index is 763. The first-order chi connectivity index (χ1) is 10.8. The molecule has 0 aliphatic carbocycles. The number of aryl methyl sites for hydroxylation is 1. The van der Waals surface area contributed by atoms with Crippen molar-refractivity contribution in [1.82, 2.24) is 0 Å². The summed E-state index contributed by atoms with van der Waals surface area (Å²) in [4.78, 5) is 23.2. The van der Waals surface area contributed by atoms with Gasteiger partial charge in [0.15, 0.2) is 5.78 Å². The normalized spacial score (nSPS) is 10.4. The number of carbonyl (C=O) groups excluding carboxylic acids is 1. The highest BCUT2D eigenvalue weighted by Crippen LogP contribution is 2.38. The third-order valence-corrected chi connectivity index (χ3v) is 3.33. The summed E-state index contributed by atoms with van der Waals surface area (Å²) in [7, 11) is 0. The molecule has 0 amide bonds. The number of aromatic hydroxyl groups is 4. The Labute approximate surface area is 130 Å². The topological polar surface area (TPSA) is 135 Å². The van der Waals surface area contributed by atoms with Gasteiger partial charge in [-0.05, 0) is 24.1 Å². The van der Waals surface area contributed by atoms with E-state index in [9.17, 15) is 30.0 Å². The predicted octanol–water partition coefficient (Wildman–Crippen LogP) is 2.02. The molecular formula is C16H14O7. The lowest BCUT2D eigenvalue weighted by Gasteiger charge is -2.10. The van der Waals surface area contributed by atoms with Gasteiger partial charge >= 0.3 is 5.97 Å². The van der Waals surface area contributed by atoms with Crippen molar-refractivity contribution < 1.29 is 35.1 Å². The van der Waals surface area contributed by atoms with Gasteiger partial charge in [-0.1, -0.05) is 12.1 Å². The standard InChI is InChI=1S/C16H14O7/c17-9-4-1-8(2-5-9)3-6-10(18)13-11(19)7-12(20)14(15(13)21)16(22)23/h1-2,4-5,7,17,19-21H,3,6H2,(H,22,23). The van der Waals surface area contributed by atoms with Gasteiger partial charge in [0.1, 0.15) is 34.1 Å². The van der Waals surface area contributed by atoms with Gasteiger partial charge in [0.2, 0.25) is 0 Å². The molecule has 0 unspecified atom stereocenters. The van der Waals surface area contributed by atoms with E-state index >= 15 is 0 Å². The first kappa shape index (κ1) is 16.2.